The van der Waals surface area contributed by atoms with Gasteiger partial charge in [0.05, 0.1) is 17.8 Å². The van der Waals surface area contributed by atoms with Gasteiger partial charge >= 0.3 is 5.97 Å². The van der Waals surface area contributed by atoms with Gasteiger partial charge in [-0.2, -0.15) is 0 Å². The van der Waals surface area contributed by atoms with Gasteiger partial charge in [-0.1, -0.05) is 35.9 Å². The van der Waals surface area contributed by atoms with Crippen molar-refractivity contribution < 1.29 is 23.9 Å². The van der Waals surface area contributed by atoms with Crippen molar-refractivity contribution in [3.05, 3.63) is 57.9 Å². The van der Waals surface area contributed by atoms with Crippen LogP contribution in [0.2, 0.25) is 5.02 Å². The predicted octanol–water partition coefficient (Wildman–Crippen LogP) is 4.17. The van der Waals surface area contributed by atoms with Crippen molar-refractivity contribution in [2.75, 3.05) is 19.0 Å². The molecule has 0 aliphatic heterocycles. The Labute approximate surface area is 188 Å². The molecule has 3 rings (SSSR count). The summed E-state index contributed by atoms with van der Waals surface area (Å²) in [4.78, 5) is 37.2. The van der Waals surface area contributed by atoms with Crippen LogP contribution in [0.15, 0.2) is 42.5 Å². The first-order valence-corrected chi connectivity index (χ1v) is 10.6. The molecule has 1 unspecified atom stereocenters. The molecule has 31 heavy (non-hydrogen) atoms. The summed E-state index contributed by atoms with van der Waals surface area (Å²) in [6.45, 7) is 2.93. The van der Waals surface area contributed by atoms with Crippen LogP contribution in [-0.4, -0.2) is 37.5 Å². The first-order chi connectivity index (χ1) is 14.8. The molecule has 9 heteroatoms. The number of rotatable bonds is 7. The molecule has 0 fully saturated rings. The van der Waals surface area contributed by atoms with Crippen LogP contribution < -0.4 is 15.4 Å². The number of halogens is 1. The third kappa shape index (κ3) is 5.34. The number of carbonyl (C=O) groups excluding carboxylic acids is 3. The minimum Gasteiger partial charge on any atom is -0.495 e. The lowest BCUT2D eigenvalue weighted by molar-refractivity contribution is -0.152. The number of esters is 1. The van der Waals surface area contributed by atoms with Gasteiger partial charge in [0.1, 0.15) is 17.2 Å². The predicted molar refractivity (Wildman–Crippen MR) is 121 cm³/mol. The van der Waals surface area contributed by atoms with Crippen LogP contribution in [0, 0.1) is 6.92 Å². The van der Waals surface area contributed by atoms with Gasteiger partial charge in [-0.05, 0) is 37.6 Å². The first-order valence-electron chi connectivity index (χ1n) is 9.40. The molecule has 0 saturated carbocycles. The van der Waals surface area contributed by atoms with E-state index in [9.17, 15) is 14.4 Å². The highest BCUT2D eigenvalue weighted by atomic mass is 35.5. The summed E-state index contributed by atoms with van der Waals surface area (Å²) in [5.74, 6) is -1.25. The first kappa shape index (κ1) is 22.6. The van der Waals surface area contributed by atoms with Gasteiger partial charge in [0, 0.05) is 10.1 Å². The molecule has 2 aromatic carbocycles. The molecule has 1 heterocycles. The summed E-state index contributed by atoms with van der Waals surface area (Å²) in [6.07, 6.45) is -1.07. The maximum Gasteiger partial charge on any atom is 0.326 e. The summed E-state index contributed by atoms with van der Waals surface area (Å²) < 4.78 is 11.2. The van der Waals surface area contributed by atoms with Gasteiger partial charge in [-0.25, -0.2) is 0 Å². The largest absolute Gasteiger partial charge is 0.495 e. The van der Waals surface area contributed by atoms with Crippen LogP contribution in [0.5, 0.6) is 5.75 Å². The summed E-state index contributed by atoms with van der Waals surface area (Å²) in [5, 5.41) is 6.27. The number of carbonyl (C=O) groups is 3. The minimum absolute atomic E-state index is 0.313. The van der Waals surface area contributed by atoms with Gasteiger partial charge in [0.15, 0.2) is 6.10 Å². The fraction of sp³-hybridized carbons (Fsp3) is 0.227. The van der Waals surface area contributed by atoms with Crippen molar-refractivity contribution >= 4 is 56.5 Å². The van der Waals surface area contributed by atoms with Crippen molar-refractivity contribution in [3.8, 4) is 5.75 Å². The molecule has 2 amide bonds. The average molecular weight is 461 g/mol. The summed E-state index contributed by atoms with van der Waals surface area (Å²) in [5.41, 5.74) is 1.41. The Morgan fingerprint density at radius 1 is 1.16 bits per heavy atom. The van der Waals surface area contributed by atoms with E-state index in [1.807, 2.05) is 37.3 Å². The maximum atomic E-state index is 12.4. The van der Waals surface area contributed by atoms with Gasteiger partial charge in [0.2, 0.25) is 0 Å². The lowest BCUT2D eigenvalue weighted by Gasteiger charge is -2.15. The van der Waals surface area contributed by atoms with Gasteiger partial charge in [-0.3, -0.25) is 14.4 Å². The topological polar surface area (TPSA) is 93.7 Å². The standard InChI is InChI=1S/C22H21ClN2O5S/c1-12-8-9-16(29-3)15(10-12)25-21(27)13(2)30-18(26)11-24-22(28)20-19(23)14-6-4-5-7-17(14)31-20/h4-10,13H,11H2,1-3H3,(H,24,28)(H,25,27). The number of ether oxygens (including phenoxy) is 2. The number of hydrogen-bond acceptors (Lipinski definition) is 6. The Balaban J connectivity index is 1.55. The third-order valence-electron chi connectivity index (χ3n) is 4.42. The Hall–Kier alpha value is -3.10. The van der Waals surface area contributed by atoms with Crippen LogP contribution in [0.3, 0.4) is 0 Å². The fourth-order valence-electron chi connectivity index (χ4n) is 2.84. The summed E-state index contributed by atoms with van der Waals surface area (Å²) in [6, 6.07) is 12.7. The molecule has 0 radical (unpaired) electrons. The van der Waals surface area contributed by atoms with Crippen molar-refractivity contribution in [3.63, 3.8) is 0 Å². The van der Waals surface area contributed by atoms with Crippen LogP contribution in [0.1, 0.15) is 22.2 Å². The molecule has 0 spiro atoms. The van der Waals surface area contributed by atoms with E-state index in [0.717, 1.165) is 15.6 Å². The fourth-order valence-corrected chi connectivity index (χ4v) is 4.27. The van der Waals surface area contributed by atoms with E-state index in [-0.39, 0.29) is 0 Å². The minimum atomic E-state index is -1.07. The van der Waals surface area contributed by atoms with E-state index in [2.05, 4.69) is 10.6 Å². The number of fused-ring (bicyclic) bond motifs is 1. The number of nitrogens with one attached hydrogen (secondary N) is 2. The second kappa shape index (κ2) is 9.80. The molecule has 162 valence electrons. The van der Waals surface area contributed by atoms with E-state index in [0.29, 0.717) is 21.3 Å². The number of hydrogen-bond donors (Lipinski definition) is 2. The molecule has 0 aliphatic carbocycles. The van der Waals surface area contributed by atoms with Crippen LogP contribution in [-0.2, 0) is 14.3 Å². The lowest BCUT2D eigenvalue weighted by Crippen LogP contribution is -2.35. The van der Waals surface area contributed by atoms with Crippen molar-refractivity contribution in [1.82, 2.24) is 5.32 Å². The highest BCUT2D eigenvalue weighted by Gasteiger charge is 2.21. The number of benzene rings is 2. The quantitative estimate of drug-likeness (QED) is 0.516. The van der Waals surface area contributed by atoms with E-state index in [1.165, 1.54) is 25.4 Å². The Kier molecular flexibility index (Phi) is 7.14. The Morgan fingerprint density at radius 2 is 1.90 bits per heavy atom. The molecule has 2 N–H and O–H groups in total. The van der Waals surface area contributed by atoms with E-state index in [1.54, 1.807) is 12.1 Å². The number of methoxy groups -OCH3 is 1. The normalized spacial score (nSPS) is 11.6. The average Bonchev–Trinajstić information content (AvgIpc) is 3.09. The highest BCUT2D eigenvalue weighted by molar-refractivity contribution is 7.21. The van der Waals surface area contributed by atoms with Crippen molar-refractivity contribution in [2.24, 2.45) is 0 Å². The van der Waals surface area contributed by atoms with E-state index >= 15 is 0 Å². The molecule has 0 saturated heterocycles. The monoisotopic (exact) mass is 460 g/mol. The summed E-state index contributed by atoms with van der Waals surface area (Å²) >= 11 is 7.51. The zero-order chi connectivity index (χ0) is 22.5. The molecular weight excluding hydrogens is 440 g/mol. The number of aryl methyl sites for hydroxylation is 1. The molecule has 3 aromatic rings. The molecule has 0 bridgehead atoms. The van der Waals surface area contributed by atoms with Crippen LogP contribution >= 0.6 is 22.9 Å². The van der Waals surface area contributed by atoms with Gasteiger partial charge in [0.25, 0.3) is 11.8 Å². The molecular formula is C22H21ClN2O5S. The number of anilines is 1. The van der Waals surface area contributed by atoms with Gasteiger partial charge < -0.3 is 20.1 Å². The van der Waals surface area contributed by atoms with Crippen molar-refractivity contribution in [2.45, 2.75) is 20.0 Å². The SMILES string of the molecule is COc1ccc(C)cc1NC(=O)C(C)OC(=O)CNC(=O)c1sc2ccccc2c1Cl. The smallest absolute Gasteiger partial charge is 0.326 e. The van der Waals surface area contributed by atoms with Crippen molar-refractivity contribution in [1.29, 1.82) is 0 Å². The Bertz CT molecular complexity index is 1140. The van der Waals surface area contributed by atoms with E-state index in [4.69, 9.17) is 21.1 Å². The molecule has 7 nitrogen and oxygen atoms in total. The number of amides is 2. The second-order valence-corrected chi connectivity index (χ2v) is 8.18. The van der Waals surface area contributed by atoms with Crippen LogP contribution in [0.4, 0.5) is 5.69 Å². The molecule has 1 aromatic heterocycles. The zero-order valence-corrected chi connectivity index (χ0v) is 18.7. The van der Waals surface area contributed by atoms with E-state index < -0.39 is 30.4 Å². The zero-order valence-electron chi connectivity index (χ0n) is 17.2. The third-order valence-corrected chi connectivity index (χ3v) is 6.10. The second-order valence-electron chi connectivity index (χ2n) is 6.75. The Morgan fingerprint density at radius 3 is 2.61 bits per heavy atom. The molecule has 0 aliphatic rings. The number of thiophene rings is 1. The van der Waals surface area contributed by atoms with Crippen LogP contribution in [0.25, 0.3) is 10.1 Å². The van der Waals surface area contributed by atoms with Gasteiger partial charge in [-0.15, -0.1) is 11.3 Å². The lowest BCUT2D eigenvalue weighted by atomic mass is 10.2. The maximum absolute atomic E-state index is 12.4. The highest BCUT2D eigenvalue weighted by Crippen LogP contribution is 2.34. The molecule has 1 atom stereocenters. The summed E-state index contributed by atoms with van der Waals surface area (Å²) in [7, 11) is 1.50.